The fraction of sp³-hybridized carbons (Fsp3) is 0.167. The molecule has 5 nitrogen and oxygen atoms in total. The Bertz CT molecular complexity index is 267. The van der Waals surface area contributed by atoms with Crippen LogP contribution in [0.5, 0.6) is 0 Å². The molecule has 0 saturated carbocycles. The third-order valence-corrected chi connectivity index (χ3v) is 1.23. The van der Waals surface area contributed by atoms with Gasteiger partial charge in [0.2, 0.25) is 0 Å². The number of ketones is 1. The Morgan fingerprint density at radius 1 is 1.73 bits per heavy atom. The number of carbonyl (C=O) groups is 2. The molecule has 0 aromatic rings. The van der Waals surface area contributed by atoms with Gasteiger partial charge in [-0.3, -0.25) is 14.6 Å². The van der Waals surface area contributed by atoms with Crippen LogP contribution in [0.1, 0.15) is 0 Å². The molecule has 1 heterocycles. The number of nitrogens with two attached hydrogens (primary N) is 1. The van der Waals surface area contributed by atoms with E-state index in [9.17, 15) is 9.59 Å². The summed E-state index contributed by atoms with van der Waals surface area (Å²) in [5.74, 6) is -1.45. The Morgan fingerprint density at radius 3 is 2.82 bits per heavy atom. The fourth-order valence-electron chi connectivity index (χ4n) is 0.686. The Hall–Kier alpha value is -1.49. The predicted molar refractivity (Wildman–Crippen MR) is 36.8 cm³/mol. The SMILES string of the molecule is NC(=O)C1=NC=CC(=O)C1O. The highest BCUT2D eigenvalue weighted by Gasteiger charge is 2.25. The number of aliphatic hydroxyl groups is 1. The number of aliphatic imine (C=N–C) groups is 1. The van der Waals surface area contributed by atoms with Crippen molar-refractivity contribution in [3.63, 3.8) is 0 Å². The second-order valence-electron chi connectivity index (χ2n) is 2.00. The monoisotopic (exact) mass is 154 g/mol. The van der Waals surface area contributed by atoms with Crippen LogP contribution in [0.15, 0.2) is 17.3 Å². The maximum Gasteiger partial charge on any atom is 0.266 e. The minimum absolute atomic E-state index is 0.308. The lowest BCUT2D eigenvalue weighted by Gasteiger charge is -2.09. The van der Waals surface area contributed by atoms with Gasteiger partial charge in [-0.05, 0) is 0 Å². The summed E-state index contributed by atoms with van der Waals surface area (Å²) < 4.78 is 0. The molecule has 0 bridgehead atoms. The molecule has 1 rings (SSSR count). The zero-order valence-electron chi connectivity index (χ0n) is 5.52. The van der Waals surface area contributed by atoms with Crippen molar-refractivity contribution in [1.29, 1.82) is 0 Å². The van der Waals surface area contributed by atoms with Gasteiger partial charge in [0.25, 0.3) is 5.91 Å². The van der Waals surface area contributed by atoms with E-state index in [1.165, 1.54) is 0 Å². The zero-order valence-corrected chi connectivity index (χ0v) is 5.52. The molecule has 0 aromatic heterocycles. The van der Waals surface area contributed by atoms with Gasteiger partial charge in [0.05, 0.1) is 0 Å². The van der Waals surface area contributed by atoms with Crippen LogP contribution in [0.3, 0.4) is 0 Å². The molecule has 11 heavy (non-hydrogen) atoms. The van der Waals surface area contributed by atoms with Gasteiger partial charge in [0, 0.05) is 12.3 Å². The summed E-state index contributed by atoms with van der Waals surface area (Å²) in [5.41, 5.74) is 4.50. The van der Waals surface area contributed by atoms with Gasteiger partial charge >= 0.3 is 0 Å². The van der Waals surface area contributed by atoms with Crippen molar-refractivity contribution in [3.05, 3.63) is 12.3 Å². The third-order valence-electron chi connectivity index (χ3n) is 1.23. The molecule has 0 aliphatic carbocycles. The van der Waals surface area contributed by atoms with Crippen LogP contribution in [0.2, 0.25) is 0 Å². The molecule has 5 heteroatoms. The number of hydrogen-bond donors (Lipinski definition) is 2. The van der Waals surface area contributed by atoms with Gasteiger partial charge < -0.3 is 10.8 Å². The van der Waals surface area contributed by atoms with Crippen molar-refractivity contribution < 1.29 is 14.7 Å². The average molecular weight is 154 g/mol. The van der Waals surface area contributed by atoms with Crippen molar-refractivity contribution in [2.24, 2.45) is 10.7 Å². The molecule has 3 N–H and O–H groups in total. The number of carbonyl (C=O) groups excluding carboxylic acids is 2. The van der Waals surface area contributed by atoms with Gasteiger partial charge in [-0.15, -0.1) is 0 Å². The smallest absolute Gasteiger partial charge is 0.266 e. The lowest BCUT2D eigenvalue weighted by molar-refractivity contribution is -0.121. The van der Waals surface area contributed by atoms with Gasteiger partial charge in [0.1, 0.15) is 5.71 Å². The molecule has 0 spiro atoms. The van der Waals surface area contributed by atoms with Crippen molar-refractivity contribution in [2.45, 2.75) is 6.10 Å². The van der Waals surface area contributed by atoms with Crippen LogP contribution in [0.25, 0.3) is 0 Å². The lowest BCUT2D eigenvalue weighted by Crippen LogP contribution is -2.39. The molecule has 1 aliphatic heterocycles. The van der Waals surface area contributed by atoms with Crippen molar-refractivity contribution in [1.82, 2.24) is 0 Å². The molecule has 0 fully saturated rings. The Kier molecular flexibility index (Phi) is 1.82. The average Bonchev–Trinajstić information content (AvgIpc) is 1.94. The lowest BCUT2D eigenvalue weighted by atomic mass is 10.1. The van der Waals surface area contributed by atoms with E-state index in [0.29, 0.717) is 0 Å². The van der Waals surface area contributed by atoms with E-state index in [1.807, 2.05) is 0 Å². The third kappa shape index (κ3) is 1.32. The van der Waals surface area contributed by atoms with E-state index in [1.54, 1.807) is 0 Å². The molecule has 0 aromatic carbocycles. The fourth-order valence-corrected chi connectivity index (χ4v) is 0.686. The largest absolute Gasteiger partial charge is 0.378 e. The Morgan fingerprint density at radius 2 is 2.36 bits per heavy atom. The van der Waals surface area contributed by atoms with E-state index >= 15 is 0 Å². The summed E-state index contributed by atoms with van der Waals surface area (Å²) in [4.78, 5) is 24.6. The molecule has 1 aliphatic rings. The van der Waals surface area contributed by atoms with E-state index in [0.717, 1.165) is 12.3 Å². The predicted octanol–water partition coefficient (Wildman–Crippen LogP) is -1.63. The second kappa shape index (κ2) is 2.63. The molecule has 58 valence electrons. The van der Waals surface area contributed by atoms with E-state index in [-0.39, 0.29) is 5.71 Å². The maximum absolute atomic E-state index is 10.7. The highest BCUT2D eigenvalue weighted by Crippen LogP contribution is 1.99. The van der Waals surface area contributed by atoms with Crippen LogP contribution < -0.4 is 5.73 Å². The highest BCUT2D eigenvalue weighted by atomic mass is 16.3. The van der Waals surface area contributed by atoms with Crippen LogP contribution >= 0.6 is 0 Å². The van der Waals surface area contributed by atoms with Crippen LogP contribution in [-0.4, -0.2) is 28.6 Å². The number of nitrogens with zero attached hydrogens (tertiary/aromatic N) is 1. The van der Waals surface area contributed by atoms with E-state index < -0.39 is 17.8 Å². The first kappa shape index (κ1) is 7.62. The number of rotatable bonds is 1. The molecule has 1 amide bonds. The van der Waals surface area contributed by atoms with Crippen molar-refractivity contribution >= 4 is 17.4 Å². The molecule has 0 saturated heterocycles. The summed E-state index contributed by atoms with van der Waals surface area (Å²) in [6.45, 7) is 0. The minimum Gasteiger partial charge on any atom is -0.378 e. The molecular weight excluding hydrogens is 148 g/mol. The van der Waals surface area contributed by atoms with Gasteiger partial charge in [-0.1, -0.05) is 0 Å². The van der Waals surface area contributed by atoms with Gasteiger partial charge in [-0.25, -0.2) is 0 Å². The second-order valence-corrected chi connectivity index (χ2v) is 2.00. The quantitative estimate of drug-likeness (QED) is 0.474. The van der Waals surface area contributed by atoms with Crippen molar-refractivity contribution in [2.75, 3.05) is 0 Å². The van der Waals surface area contributed by atoms with Gasteiger partial charge in [0.15, 0.2) is 11.9 Å². The summed E-state index contributed by atoms with van der Waals surface area (Å²) >= 11 is 0. The van der Waals surface area contributed by atoms with E-state index in [4.69, 9.17) is 10.8 Å². The van der Waals surface area contributed by atoms with Crippen LogP contribution in [0.4, 0.5) is 0 Å². The Balaban J connectivity index is 2.96. The first-order valence-electron chi connectivity index (χ1n) is 2.89. The summed E-state index contributed by atoms with van der Waals surface area (Å²) in [6.07, 6.45) is 0.726. The summed E-state index contributed by atoms with van der Waals surface area (Å²) in [6, 6.07) is 0. The molecule has 0 radical (unpaired) electrons. The van der Waals surface area contributed by atoms with Crippen LogP contribution in [0, 0.1) is 0 Å². The normalized spacial score (nSPS) is 23.2. The summed E-state index contributed by atoms with van der Waals surface area (Å²) in [5, 5.41) is 8.98. The Labute approximate surface area is 62.2 Å². The number of hydrogen-bond acceptors (Lipinski definition) is 4. The first-order chi connectivity index (χ1) is 5.13. The van der Waals surface area contributed by atoms with Crippen LogP contribution in [-0.2, 0) is 9.59 Å². The van der Waals surface area contributed by atoms with Gasteiger partial charge in [-0.2, -0.15) is 0 Å². The minimum atomic E-state index is -1.49. The molecule has 1 unspecified atom stereocenters. The first-order valence-corrected chi connectivity index (χ1v) is 2.89. The molecule has 1 atom stereocenters. The topological polar surface area (TPSA) is 92.8 Å². The summed E-state index contributed by atoms with van der Waals surface area (Å²) in [7, 11) is 0. The standard InChI is InChI=1S/C6H6N2O3/c7-6(11)4-5(10)3(9)1-2-8-4/h1-2,5,10H,(H2,7,11). The van der Waals surface area contributed by atoms with Crippen molar-refractivity contribution in [3.8, 4) is 0 Å². The maximum atomic E-state index is 10.7. The highest BCUT2D eigenvalue weighted by molar-refractivity contribution is 6.45. The van der Waals surface area contributed by atoms with E-state index in [2.05, 4.69) is 4.99 Å². The molecular formula is C6H6N2O3. The number of aliphatic hydroxyl groups excluding tert-OH is 1. The number of primary amides is 1. The zero-order chi connectivity index (χ0) is 8.43. The number of amides is 1.